The van der Waals surface area contributed by atoms with Crippen molar-refractivity contribution < 1.29 is 9.59 Å². The molecule has 0 saturated carbocycles. The highest BCUT2D eigenvalue weighted by Gasteiger charge is 2.19. The van der Waals surface area contributed by atoms with Crippen LogP contribution in [0.1, 0.15) is 17.3 Å². The quantitative estimate of drug-likeness (QED) is 0.818. The molecule has 2 amide bonds. The monoisotopic (exact) mass is 261 g/mol. The molecular weight excluding hydrogens is 242 g/mol. The van der Waals surface area contributed by atoms with Crippen LogP contribution in [0, 0.1) is 0 Å². The van der Waals surface area contributed by atoms with E-state index in [-0.39, 0.29) is 18.4 Å². The first-order valence-corrected chi connectivity index (χ1v) is 6.50. The van der Waals surface area contributed by atoms with Crippen molar-refractivity contribution in [2.24, 2.45) is 0 Å². The zero-order chi connectivity index (χ0) is 13.7. The van der Waals surface area contributed by atoms with Crippen LogP contribution in [0.15, 0.2) is 30.3 Å². The summed E-state index contributed by atoms with van der Waals surface area (Å²) < 4.78 is 0. The van der Waals surface area contributed by atoms with E-state index in [9.17, 15) is 9.59 Å². The number of rotatable bonds is 3. The topological polar surface area (TPSA) is 61.4 Å². The predicted octanol–water partition coefficient (Wildman–Crippen LogP) is 0.237. The van der Waals surface area contributed by atoms with Gasteiger partial charge in [0.1, 0.15) is 0 Å². The van der Waals surface area contributed by atoms with Gasteiger partial charge in [0.2, 0.25) is 5.91 Å². The molecule has 1 aromatic rings. The zero-order valence-corrected chi connectivity index (χ0v) is 11.1. The Hall–Kier alpha value is -1.72. The fraction of sp³-hybridized carbons (Fsp3) is 0.429. The lowest BCUT2D eigenvalue weighted by Gasteiger charge is -2.31. The van der Waals surface area contributed by atoms with E-state index in [4.69, 9.17) is 0 Å². The van der Waals surface area contributed by atoms with Gasteiger partial charge in [0, 0.05) is 31.2 Å². The molecule has 1 unspecified atom stereocenters. The molecule has 0 spiro atoms. The predicted molar refractivity (Wildman–Crippen MR) is 72.8 cm³/mol. The number of hydrogen-bond donors (Lipinski definition) is 2. The van der Waals surface area contributed by atoms with Gasteiger partial charge in [-0.1, -0.05) is 18.2 Å². The zero-order valence-electron chi connectivity index (χ0n) is 11.1. The van der Waals surface area contributed by atoms with Crippen LogP contribution in [0.5, 0.6) is 0 Å². The summed E-state index contributed by atoms with van der Waals surface area (Å²) in [6.07, 6.45) is 0. The van der Waals surface area contributed by atoms with Gasteiger partial charge in [-0.2, -0.15) is 0 Å². The van der Waals surface area contributed by atoms with Crippen LogP contribution >= 0.6 is 0 Å². The van der Waals surface area contributed by atoms with Gasteiger partial charge in [-0.15, -0.1) is 0 Å². The number of carbonyl (C=O) groups is 2. The lowest BCUT2D eigenvalue weighted by atomic mass is 10.2. The van der Waals surface area contributed by atoms with Crippen LogP contribution in [0.4, 0.5) is 0 Å². The fourth-order valence-electron chi connectivity index (χ4n) is 2.19. The molecule has 2 N–H and O–H groups in total. The van der Waals surface area contributed by atoms with Gasteiger partial charge in [-0.25, -0.2) is 0 Å². The largest absolute Gasteiger partial charge is 0.312 e. The maximum Gasteiger partial charge on any atom is 0.257 e. The van der Waals surface area contributed by atoms with Crippen LogP contribution in [-0.4, -0.2) is 48.9 Å². The Morgan fingerprint density at radius 3 is 2.79 bits per heavy atom. The van der Waals surface area contributed by atoms with E-state index in [1.807, 2.05) is 6.07 Å². The molecule has 0 aromatic heterocycles. The Balaban J connectivity index is 1.82. The summed E-state index contributed by atoms with van der Waals surface area (Å²) >= 11 is 0. The molecule has 1 aromatic carbocycles. The number of hydrogen-bond acceptors (Lipinski definition) is 4. The third-order valence-electron chi connectivity index (χ3n) is 3.11. The van der Waals surface area contributed by atoms with Crippen molar-refractivity contribution in [3.63, 3.8) is 0 Å². The average molecular weight is 261 g/mol. The standard InChI is InChI=1S/C14H19N3O2/c1-11-9-17(8-7-15-11)10-13(18)16-14(19)12-5-3-2-4-6-12/h2-6,11,15H,7-10H2,1H3,(H,16,18,19). The van der Waals surface area contributed by atoms with Gasteiger partial charge in [0.15, 0.2) is 0 Å². The van der Waals surface area contributed by atoms with Gasteiger partial charge in [-0.05, 0) is 19.1 Å². The SMILES string of the molecule is CC1CN(CC(=O)NC(=O)c2ccccc2)CCN1. The Morgan fingerprint density at radius 1 is 1.37 bits per heavy atom. The van der Waals surface area contributed by atoms with E-state index in [1.165, 1.54) is 0 Å². The van der Waals surface area contributed by atoms with Crippen LogP contribution in [0.2, 0.25) is 0 Å². The first kappa shape index (κ1) is 13.7. The summed E-state index contributed by atoms with van der Waals surface area (Å²) in [6.45, 7) is 4.88. The summed E-state index contributed by atoms with van der Waals surface area (Å²) in [4.78, 5) is 25.7. The lowest BCUT2D eigenvalue weighted by molar-refractivity contribution is -0.121. The third kappa shape index (κ3) is 4.15. The van der Waals surface area contributed by atoms with Gasteiger partial charge in [-0.3, -0.25) is 19.8 Å². The molecule has 1 atom stereocenters. The highest BCUT2D eigenvalue weighted by molar-refractivity contribution is 6.05. The molecule has 1 saturated heterocycles. The van der Waals surface area contributed by atoms with Crippen LogP contribution in [0.3, 0.4) is 0 Å². The normalized spacial score (nSPS) is 19.9. The molecule has 0 radical (unpaired) electrons. The second-order valence-electron chi connectivity index (χ2n) is 4.83. The molecule has 19 heavy (non-hydrogen) atoms. The van der Waals surface area contributed by atoms with E-state index in [0.29, 0.717) is 11.6 Å². The molecule has 1 aliphatic heterocycles. The van der Waals surface area contributed by atoms with Crippen LogP contribution in [-0.2, 0) is 4.79 Å². The highest BCUT2D eigenvalue weighted by Crippen LogP contribution is 2.00. The Kier molecular flexibility index (Phi) is 4.65. The minimum absolute atomic E-state index is 0.247. The maximum atomic E-state index is 11.8. The molecule has 102 valence electrons. The van der Waals surface area contributed by atoms with Crippen molar-refractivity contribution in [1.29, 1.82) is 0 Å². The van der Waals surface area contributed by atoms with Gasteiger partial charge >= 0.3 is 0 Å². The minimum Gasteiger partial charge on any atom is -0.312 e. The number of imide groups is 1. The van der Waals surface area contributed by atoms with Crippen molar-refractivity contribution >= 4 is 11.8 Å². The van der Waals surface area contributed by atoms with Crippen molar-refractivity contribution in [1.82, 2.24) is 15.5 Å². The first-order valence-electron chi connectivity index (χ1n) is 6.50. The second kappa shape index (κ2) is 6.45. The maximum absolute atomic E-state index is 11.8. The molecule has 1 aliphatic rings. The first-order chi connectivity index (χ1) is 9.15. The molecule has 1 heterocycles. The molecule has 0 aliphatic carbocycles. The molecule has 5 heteroatoms. The van der Waals surface area contributed by atoms with Crippen molar-refractivity contribution in [2.75, 3.05) is 26.2 Å². The average Bonchev–Trinajstić information content (AvgIpc) is 2.39. The van der Waals surface area contributed by atoms with E-state index in [2.05, 4.69) is 22.5 Å². The Bertz CT molecular complexity index is 447. The van der Waals surface area contributed by atoms with E-state index < -0.39 is 0 Å². The number of piperazine rings is 1. The summed E-state index contributed by atoms with van der Waals surface area (Å²) in [5.41, 5.74) is 0.504. The molecule has 2 rings (SSSR count). The summed E-state index contributed by atoms with van der Waals surface area (Å²) in [7, 11) is 0. The lowest BCUT2D eigenvalue weighted by Crippen LogP contribution is -2.52. The fourth-order valence-corrected chi connectivity index (χ4v) is 2.19. The van der Waals surface area contributed by atoms with Crippen molar-refractivity contribution in [3.8, 4) is 0 Å². The number of nitrogens with zero attached hydrogens (tertiary/aromatic N) is 1. The second-order valence-corrected chi connectivity index (χ2v) is 4.83. The van der Waals surface area contributed by atoms with Gasteiger partial charge in [0.25, 0.3) is 5.91 Å². The third-order valence-corrected chi connectivity index (χ3v) is 3.11. The van der Waals surface area contributed by atoms with E-state index >= 15 is 0 Å². The molecule has 5 nitrogen and oxygen atoms in total. The number of benzene rings is 1. The van der Waals surface area contributed by atoms with Crippen LogP contribution < -0.4 is 10.6 Å². The minimum atomic E-state index is -0.339. The van der Waals surface area contributed by atoms with Crippen LogP contribution in [0.25, 0.3) is 0 Å². The molecule has 0 bridgehead atoms. The summed E-state index contributed by atoms with van der Waals surface area (Å²) in [5, 5.41) is 5.73. The van der Waals surface area contributed by atoms with Crippen molar-refractivity contribution in [2.45, 2.75) is 13.0 Å². The van der Waals surface area contributed by atoms with Crippen molar-refractivity contribution in [3.05, 3.63) is 35.9 Å². The smallest absolute Gasteiger partial charge is 0.257 e. The Labute approximate surface area is 113 Å². The highest BCUT2D eigenvalue weighted by atomic mass is 16.2. The number of carbonyl (C=O) groups excluding carboxylic acids is 2. The van der Waals surface area contributed by atoms with E-state index in [0.717, 1.165) is 19.6 Å². The Morgan fingerprint density at radius 2 is 2.11 bits per heavy atom. The summed E-state index contributed by atoms with van der Waals surface area (Å²) in [5.74, 6) is -0.586. The van der Waals surface area contributed by atoms with E-state index in [1.54, 1.807) is 24.3 Å². The number of amides is 2. The van der Waals surface area contributed by atoms with Gasteiger partial charge < -0.3 is 5.32 Å². The van der Waals surface area contributed by atoms with Gasteiger partial charge in [0.05, 0.1) is 6.54 Å². The number of nitrogens with one attached hydrogen (secondary N) is 2. The summed E-state index contributed by atoms with van der Waals surface area (Å²) in [6, 6.07) is 9.15. The molecule has 1 fully saturated rings. The molecular formula is C14H19N3O2.